The van der Waals surface area contributed by atoms with Crippen molar-refractivity contribution in [3.63, 3.8) is 0 Å². The molecule has 1 heterocycles. The fourth-order valence-corrected chi connectivity index (χ4v) is 2.67. The van der Waals surface area contributed by atoms with Crippen LogP contribution in [0.1, 0.15) is 38.3 Å². The van der Waals surface area contributed by atoms with E-state index in [0.29, 0.717) is 6.04 Å². The highest BCUT2D eigenvalue weighted by Gasteiger charge is 2.36. The molecule has 0 unspecified atom stereocenters. The Morgan fingerprint density at radius 2 is 2.25 bits per heavy atom. The van der Waals surface area contributed by atoms with Crippen molar-refractivity contribution in [1.29, 1.82) is 0 Å². The highest BCUT2D eigenvalue weighted by molar-refractivity contribution is 5.13. The minimum Gasteiger partial charge on any atom is -0.384 e. The number of nitrogens with one attached hydrogen (secondary N) is 1. The Kier molecular flexibility index (Phi) is 3.30. The van der Waals surface area contributed by atoms with Crippen molar-refractivity contribution in [2.45, 2.75) is 44.2 Å². The van der Waals surface area contributed by atoms with E-state index in [-0.39, 0.29) is 0 Å². The van der Waals surface area contributed by atoms with Crippen LogP contribution in [-0.4, -0.2) is 27.5 Å². The van der Waals surface area contributed by atoms with Crippen LogP contribution in [0, 0.1) is 0 Å². The van der Waals surface area contributed by atoms with Crippen molar-refractivity contribution in [3.8, 4) is 0 Å². The molecule has 0 radical (unpaired) electrons. The van der Waals surface area contributed by atoms with Gasteiger partial charge in [0.25, 0.3) is 0 Å². The minimum absolute atomic E-state index is 0.568. The van der Waals surface area contributed by atoms with E-state index < -0.39 is 5.60 Å². The summed E-state index contributed by atoms with van der Waals surface area (Å²) in [5, 5.41) is 18.2. The van der Waals surface area contributed by atoms with Gasteiger partial charge in [-0.05, 0) is 38.3 Å². The van der Waals surface area contributed by atoms with E-state index in [4.69, 9.17) is 0 Å². The largest absolute Gasteiger partial charge is 0.384 e. The highest BCUT2D eigenvalue weighted by atomic mass is 16.3. The summed E-state index contributed by atoms with van der Waals surface area (Å²) in [5.74, 6) is 0. The summed E-state index contributed by atoms with van der Waals surface area (Å²) in [4.78, 5) is 0. The zero-order valence-corrected chi connectivity index (χ0v) is 10.1. The fraction of sp³-hybridized carbons (Fsp3) is 0.750. The summed E-state index contributed by atoms with van der Waals surface area (Å²) in [5.41, 5.74) is 0.277. The Morgan fingerprint density at radius 1 is 1.56 bits per heavy atom. The zero-order chi connectivity index (χ0) is 11.6. The van der Waals surface area contributed by atoms with Gasteiger partial charge in [-0.25, -0.2) is 0 Å². The molecule has 0 spiro atoms. The third-order valence-electron chi connectivity index (χ3n) is 3.60. The second-order valence-electron chi connectivity index (χ2n) is 4.70. The maximum absolute atomic E-state index is 10.6. The summed E-state index contributed by atoms with van der Waals surface area (Å²) in [6.07, 6.45) is 5.48. The Morgan fingerprint density at radius 3 is 2.75 bits per heavy atom. The first-order chi connectivity index (χ1) is 7.65. The molecule has 1 fully saturated rings. The summed E-state index contributed by atoms with van der Waals surface area (Å²) in [6.45, 7) is 3.14. The molecule has 1 aliphatic rings. The molecule has 0 aromatic carbocycles. The Balaban J connectivity index is 2.04. The van der Waals surface area contributed by atoms with Crippen molar-refractivity contribution in [2.75, 3.05) is 6.54 Å². The standard InChI is InChI=1S/C12H21N3O/c1-3-13-10-4-7-12(16,8-5-10)11-6-9-14-15(11)2/h6,9-10,13,16H,3-5,7-8H2,1-2H3. The molecular formula is C12H21N3O. The molecule has 1 aromatic rings. The van der Waals surface area contributed by atoms with E-state index >= 15 is 0 Å². The lowest BCUT2D eigenvalue weighted by Crippen LogP contribution is -2.40. The van der Waals surface area contributed by atoms with Gasteiger partial charge in [-0.1, -0.05) is 6.92 Å². The van der Waals surface area contributed by atoms with E-state index in [1.54, 1.807) is 10.9 Å². The predicted octanol–water partition coefficient (Wildman–Crippen LogP) is 1.16. The normalized spacial score (nSPS) is 30.6. The number of aromatic nitrogens is 2. The molecule has 0 atom stereocenters. The van der Waals surface area contributed by atoms with E-state index in [1.165, 1.54) is 0 Å². The number of aryl methyl sites for hydroxylation is 1. The average molecular weight is 223 g/mol. The second kappa shape index (κ2) is 4.55. The van der Waals surface area contributed by atoms with Crippen LogP contribution in [0.4, 0.5) is 0 Å². The average Bonchev–Trinajstić information content (AvgIpc) is 2.69. The second-order valence-corrected chi connectivity index (χ2v) is 4.70. The van der Waals surface area contributed by atoms with Crippen LogP contribution in [0.2, 0.25) is 0 Å². The third kappa shape index (κ3) is 2.13. The summed E-state index contributed by atoms with van der Waals surface area (Å²) < 4.78 is 1.79. The van der Waals surface area contributed by atoms with Crippen LogP contribution in [0.25, 0.3) is 0 Å². The van der Waals surface area contributed by atoms with Crippen molar-refractivity contribution in [1.82, 2.24) is 15.1 Å². The van der Waals surface area contributed by atoms with Crippen LogP contribution in [0.5, 0.6) is 0 Å². The lowest BCUT2D eigenvalue weighted by Gasteiger charge is -2.36. The van der Waals surface area contributed by atoms with Gasteiger partial charge in [0, 0.05) is 19.3 Å². The molecule has 2 N–H and O–H groups in total. The predicted molar refractivity (Wildman–Crippen MR) is 63.0 cm³/mol. The zero-order valence-electron chi connectivity index (χ0n) is 10.1. The smallest absolute Gasteiger partial charge is 0.106 e. The first-order valence-electron chi connectivity index (χ1n) is 6.10. The summed E-state index contributed by atoms with van der Waals surface area (Å²) >= 11 is 0. The Hall–Kier alpha value is -0.870. The van der Waals surface area contributed by atoms with Crippen molar-refractivity contribution >= 4 is 0 Å². The molecule has 1 aliphatic carbocycles. The number of rotatable bonds is 3. The number of hydrogen-bond acceptors (Lipinski definition) is 3. The van der Waals surface area contributed by atoms with E-state index in [0.717, 1.165) is 37.9 Å². The van der Waals surface area contributed by atoms with Crippen molar-refractivity contribution in [2.24, 2.45) is 7.05 Å². The van der Waals surface area contributed by atoms with Gasteiger partial charge in [-0.3, -0.25) is 4.68 Å². The molecule has 1 saturated carbocycles. The topological polar surface area (TPSA) is 50.1 Å². The fourth-order valence-electron chi connectivity index (χ4n) is 2.67. The minimum atomic E-state index is -0.669. The highest BCUT2D eigenvalue weighted by Crippen LogP contribution is 2.36. The SMILES string of the molecule is CCNC1CCC(O)(c2ccnn2C)CC1. The quantitative estimate of drug-likeness (QED) is 0.808. The molecular weight excluding hydrogens is 202 g/mol. The monoisotopic (exact) mass is 223 g/mol. The van der Waals surface area contributed by atoms with Crippen LogP contribution in [0.3, 0.4) is 0 Å². The van der Waals surface area contributed by atoms with E-state index in [2.05, 4.69) is 17.3 Å². The van der Waals surface area contributed by atoms with Crippen LogP contribution < -0.4 is 5.32 Å². The van der Waals surface area contributed by atoms with Crippen molar-refractivity contribution < 1.29 is 5.11 Å². The lowest BCUT2D eigenvalue weighted by molar-refractivity contribution is -0.0151. The lowest BCUT2D eigenvalue weighted by atomic mass is 9.80. The summed E-state index contributed by atoms with van der Waals surface area (Å²) in [6, 6.07) is 2.49. The van der Waals surface area contributed by atoms with Gasteiger partial charge in [0.15, 0.2) is 0 Å². The van der Waals surface area contributed by atoms with Gasteiger partial charge in [0.2, 0.25) is 0 Å². The molecule has 0 saturated heterocycles. The van der Waals surface area contributed by atoms with Crippen LogP contribution in [-0.2, 0) is 12.6 Å². The van der Waals surface area contributed by atoms with Gasteiger partial charge in [0.1, 0.15) is 5.60 Å². The molecule has 2 rings (SSSR count). The molecule has 16 heavy (non-hydrogen) atoms. The van der Waals surface area contributed by atoms with Crippen molar-refractivity contribution in [3.05, 3.63) is 18.0 Å². The first-order valence-corrected chi connectivity index (χ1v) is 6.10. The molecule has 0 bridgehead atoms. The maximum Gasteiger partial charge on any atom is 0.106 e. The Labute approximate surface area is 96.7 Å². The van der Waals surface area contributed by atoms with E-state index in [9.17, 15) is 5.11 Å². The number of aliphatic hydroxyl groups is 1. The van der Waals surface area contributed by atoms with Gasteiger partial charge >= 0.3 is 0 Å². The van der Waals surface area contributed by atoms with E-state index in [1.807, 2.05) is 13.1 Å². The molecule has 4 nitrogen and oxygen atoms in total. The molecule has 4 heteroatoms. The van der Waals surface area contributed by atoms with Gasteiger partial charge in [0.05, 0.1) is 5.69 Å². The first kappa shape index (κ1) is 11.6. The maximum atomic E-state index is 10.6. The van der Waals surface area contributed by atoms with Gasteiger partial charge in [-0.2, -0.15) is 5.10 Å². The molecule has 0 amide bonds. The number of hydrogen-bond donors (Lipinski definition) is 2. The van der Waals surface area contributed by atoms with Crippen LogP contribution in [0.15, 0.2) is 12.3 Å². The molecule has 1 aromatic heterocycles. The molecule has 0 aliphatic heterocycles. The molecule has 90 valence electrons. The third-order valence-corrected chi connectivity index (χ3v) is 3.60. The Bertz CT molecular complexity index is 340. The number of nitrogens with zero attached hydrogens (tertiary/aromatic N) is 2. The van der Waals surface area contributed by atoms with Crippen LogP contribution >= 0.6 is 0 Å². The summed E-state index contributed by atoms with van der Waals surface area (Å²) in [7, 11) is 1.89. The van der Waals surface area contributed by atoms with Gasteiger partial charge < -0.3 is 10.4 Å². The van der Waals surface area contributed by atoms with Gasteiger partial charge in [-0.15, -0.1) is 0 Å².